The van der Waals surface area contributed by atoms with E-state index in [1.54, 1.807) is 0 Å². The van der Waals surface area contributed by atoms with E-state index in [2.05, 4.69) is 0 Å². The predicted molar refractivity (Wildman–Crippen MR) is 66.6 cm³/mol. The van der Waals surface area contributed by atoms with Crippen LogP contribution in [0.5, 0.6) is 5.75 Å². The first-order valence-corrected chi connectivity index (χ1v) is 7.00. The minimum atomic E-state index is -4.45. The van der Waals surface area contributed by atoms with Gasteiger partial charge >= 0.3 is 5.69 Å². The van der Waals surface area contributed by atoms with E-state index in [0.29, 0.717) is 10.4 Å². The number of hydrogen-bond donors (Lipinski definition) is 2. The van der Waals surface area contributed by atoms with Crippen molar-refractivity contribution in [2.75, 3.05) is 19.7 Å². The first-order valence-electron chi connectivity index (χ1n) is 5.56. The van der Waals surface area contributed by atoms with Gasteiger partial charge in [0.15, 0.2) is 5.75 Å². The van der Waals surface area contributed by atoms with Gasteiger partial charge in [-0.1, -0.05) is 0 Å². The third-order valence-electron chi connectivity index (χ3n) is 2.47. The van der Waals surface area contributed by atoms with Crippen LogP contribution in [0.3, 0.4) is 0 Å². The maximum absolute atomic E-state index is 12.4. The second kappa shape index (κ2) is 6.74. The van der Waals surface area contributed by atoms with Crippen molar-refractivity contribution in [3.63, 3.8) is 0 Å². The fourth-order valence-corrected chi connectivity index (χ4v) is 2.96. The van der Waals surface area contributed by atoms with Crippen LogP contribution >= 0.6 is 0 Å². The van der Waals surface area contributed by atoms with Crippen molar-refractivity contribution in [3.05, 3.63) is 28.3 Å². The summed E-state index contributed by atoms with van der Waals surface area (Å²) >= 11 is 0. The Kier molecular flexibility index (Phi) is 5.52. The Bertz CT molecular complexity index is 622. The molecule has 1 rings (SSSR count). The largest absolute Gasteiger partial charge is 0.502 e. The second-order valence-corrected chi connectivity index (χ2v) is 5.82. The molecule has 0 heterocycles. The van der Waals surface area contributed by atoms with Crippen molar-refractivity contribution in [3.8, 4) is 5.75 Å². The Morgan fingerprint density at radius 2 is 2.00 bits per heavy atom. The molecular formula is C10H12F2N2O6S. The molecule has 0 aliphatic carbocycles. The van der Waals surface area contributed by atoms with Crippen LogP contribution in [0.1, 0.15) is 0 Å². The maximum atomic E-state index is 12.4. The van der Waals surface area contributed by atoms with Crippen molar-refractivity contribution in [1.29, 1.82) is 0 Å². The molecule has 1 aromatic rings. The fraction of sp³-hybridized carbons (Fsp3) is 0.400. The van der Waals surface area contributed by atoms with Gasteiger partial charge < -0.3 is 10.2 Å². The average Bonchev–Trinajstić information content (AvgIpc) is 2.37. The van der Waals surface area contributed by atoms with Crippen LogP contribution in [0, 0.1) is 10.1 Å². The van der Waals surface area contributed by atoms with E-state index < -0.39 is 57.4 Å². The van der Waals surface area contributed by atoms with Crippen molar-refractivity contribution >= 4 is 15.7 Å². The minimum absolute atomic E-state index is 0.313. The van der Waals surface area contributed by atoms with E-state index >= 15 is 0 Å². The molecule has 0 unspecified atom stereocenters. The molecule has 0 amide bonds. The van der Waals surface area contributed by atoms with Gasteiger partial charge in [-0.15, -0.1) is 0 Å². The maximum Gasteiger partial charge on any atom is 0.312 e. The molecule has 0 saturated carbocycles. The standard InChI is InChI=1S/C10H12F2N2O6S/c11-10(12)6-13(3-4-15)21(19,20)7-1-2-9(16)8(5-7)14(17)18/h1-2,5,10,15-16H,3-4,6H2. The number of alkyl halides is 2. The number of aliphatic hydroxyl groups is 1. The summed E-state index contributed by atoms with van der Waals surface area (Å²) in [4.78, 5) is 9.03. The minimum Gasteiger partial charge on any atom is -0.502 e. The van der Waals surface area contributed by atoms with Crippen LogP contribution in [0.25, 0.3) is 0 Å². The van der Waals surface area contributed by atoms with E-state index in [0.717, 1.165) is 12.1 Å². The topological polar surface area (TPSA) is 121 Å². The van der Waals surface area contributed by atoms with Gasteiger partial charge in [0, 0.05) is 12.6 Å². The lowest BCUT2D eigenvalue weighted by molar-refractivity contribution is -0.386. The third kappa shape index (κ3) is 4.06. The first-order chi connectivity index (χ1) is 9.70. The molecule has 21 heavy (non-hydrogen) atoms. The van der Waals surface area contributed by atoms with Crippen LogP contribution in [0.15, 0.2) is 23.1 Å². The molecule has 11 heteroatoms. The summed E-state index contributed by atoms with van der Waals surface area (Å²) in [6.07, 6.45) is -2.97. The summed E-state index contributed by atoms with van der Waals surface area (Å²) in [5.41, 5.74) is -0.864. The number of sulfonamides is 1. The van der Waals surface area contributed by atoms with Crippen LogP contribution in [-0.2, 0) is 10.0 Å². The Morgan fingerprint density at radius 3 is 2.48 bits per heavy atom. The number of hydrogen-bond acceptors (Lipinski definition) is 6. The predicted octanol–water partition coefficient (Wildman–Crippen LogP) is 0.549. The molecule has 0 spiro atoms. The van der Waals surface area contributed by atoms with E-state index in [9.17, 15) is 32.4 Å². The number of aliphatic hydroxyl groups excluding tert-OH is 1. The molecule has 0 saturated heterocycles. The molecular weight excluding hydrogens is 314 g/mol. The van der Waals surface area contributed by atoms with Gasteiger partial charge in [0.05, 0.1) is 23.0 Å². The molecule has 0 aromatic heterocycles. The number of halogens is 2. The van der Waals surface area contributed by atoms with Gasteiger partial charge in [0.1, 0.15) is 0 Å². The number of rotatable bonds is 7. The number of benzene rings is 1. The van der Waals surface area contributed by atoms with Crippen molar-refractivity contribution < 1.29 is 32.3 Å². The molecule has 0 fully saturated rings. The average molecular weight is 326 g/mol. The quantitative estimate of drug-likeness (QED) is 0.557. The van der Waals surface area contributed by atoms with Crippen molar-refractivity contribution in [2.45, 2.75) is 11.3 Å². The highest BCUT2D eigenvalue weighted by atomic mass is 32.2. The molecule has 1 aromatic carbocycles. The molecule has 0 aliphatic heterocycles. The van der Waals surface area contributed by atoms with Crippen LogP contribution in [0.4, 0.5) is 14.5 Å². The van der Waals surface area contributed by atoms with Crippen molar-refractivity contribution in [2.24, 2.45) is 0 Å². The smallest absolute Gasteiger partial charge is 0.312 e. The second-order valence-electron chi connectivity index (χ2n) is 3.89. The molecule has 0 bridgehead atoms. The van der Waals surface area contributed by atoms with Gasteiger partial charge in [0.25, 0.3) is 6.43 Å². The lowest BCUT2D eigenvalue weighted by atomic mass is 10.3. The number of phenolic OH excluding ortho intramolecular Hbond substituents is 1. The van der Waals surface area contributed by atoms with E-state index in [-0.39, 0.29) is 0 Å². The van der Waals surface area contributed by atoms with E-state index in [1.807, 2.05) is 0 Å². The highest BCUT2D eigenvalue weighted by Crippen LogP contribution is 2.29. The molecule has 2 N–H and O–H groups in total. The zero-order valence-corrected chi connectivity index (χ0v) is 11.3. The summed E-state index contributed by atoms with van der Waals surface area (Å²) in [6.45, 7) is -2.43. The zero-order valence-electron chi connectivity index (χ0n) is 10.5. The Labute approximate surface area is 118 Å². The normalized spacial score (nSPS) is 12.0. The van der Waals surface area contributed by atoms with Gasteiger partial charge in [-0.3, -0.25) is 10.1 Å². The number of nitro benzene ring substituents is 1. The monoisotopic (exact) mass is 326 g/mol. The highest BCUT2D eigenvalue weighted by Gasteiger charge is 2.29. The molecule has 118 valence electrons. The Hall–Kier alpha value is -1.85. The fourth-order valence-electron chi connectivity index (χ4n) is 1.53. The lowest BCUT2D eigenvalue weighted by Crippen LogP contribution is -2.37. The van der Waals surface area contributed by atoms with Gasteiger partial charge in [-0.25, -0.2) is 17.2 Å². The summed E-state index contributed by atoms with van der Waals surface area (Å²) in [6, 6.07) is 2.21. The summed E-state index contributed by atoms with van der Waals surface area (Å²) in [5, 5.41) is 28.6. The molecule has 0 aliphatic rings. The summed E-state index contributed by atoms with van der Waals surface area (Å²) in [7, 11) is -4.45. The summed E-state index contributed by atoms with van der Waals surface area (Å²) < 4.78 is 49.3. The summed E-state index contributed by atoms with van der Waals surface area (Å²) in [5.74, 6) is -0.749. The molecule has 8 nitrogen and oxygen atoms in total. The van der Waals surface area contributed by atoms with E-state index in [1.165, 1.54) is 0 Å². The number of nitrogens with zero attached hydrogens (tertiary/aromatic N) is 2. The van der Waals surface area contributed by atoms with Crippen LogP contribution in [0.2, 0.25) is 0 Å². The SMILES string of the molecule is O=[N+]([O-])c1cc(S(=O)(=O)N(CCO)CC(F)F)ccc1O. The van der Waals surface area contributed by atoms with E-state index in [4.69, 9.17) is 5.11 Å². The number of nitro groups is 1. The van der Waals surface area contributed by atoms with Gasteiger partial charge in [-0.05, 0) is 12.1 Å². The third-order valence-corrected chi connectivity index (χ3v) is 4.33. The number of aromatic hydroxyl groups is 1. The molecule has 0 atom stereocenters. The Morgan fingerprint density at radius 1 is 1.38 bits per heavy atom. The van der Waals surface area contributed by atoms with Gasteiger partial charge in [0.2, 0.25) is 10.0 Å². The first kappa shape index (κ1) is 17.2. The Balaban J connectivity index is 3.27. The molecule has 0 radical (unpaired) electrons. The van der Waals surface area contributed by atoms with Gasteiger partial charge in [-0.2, -0.15) is 4.31 Å². The van der Waals surface area contributed by atoms with Crippen molar-refractivity contribution in [1.82, 2.24) is 4.31 Å². The number of phenols is 1. The highest BCUT2D eigenvalue weighted by molar-refractivity contribution is 7.89. The zero-order chi connectivity index (χ0) is 16.2. The lowest BCUT2D eigenvalue weighted by Gasteiger charge is -2.20. The van der Waals surface area contributed by atoms with Crippen LogP contribution in [-0.4, -0.2) is 54.0 Å². The van der Waals surface area contributed by atoms with Crippen LogP contribution < -0.4 is 0 Å².